The summed E-state index contributed by atoms with van der Waals surface area (Å²) in [5, 5.41) is 50.3. The van der Waals surface area contributed by atoms with Crippen LogP contribution in [0.15, 0.2) is 0 Å². The first-order valence-electron chi connectivity index (χ1n) is 20.9. The lowest BCUT2D eigenvalue weighted by Gasteiger charge is -2.31. The van der Waals surface area contributed by atoms with Crippen LogP contribution >= 0.6 is 0 Å². The minimum atomic E-state index is -1.70. The summed E-state index contributed by atoms with van der Waals surface area (Å²) in [7, 11) is 0. The fourth-order valence-corrected chi connectivity index (χ4v) is 5.77. The molecule has 0 aromatic heterocycles. The second-order valence-electron chi connectivity index (χ2n) is 16.7. The summed E-state index contributed by atoms with van der Waals surface area (Å²) in [5.41, 5.74) is 5.65. The van der Waals surface area contributed by atoms with Gasteiger partial charge in [-0.3, -0.25) is 38.4 Å². The maximum absolute atomic E-state index is 13.9. The van der Waals surface area contributed by atoms with Gasteiger partial charge in [-0.2, -0.15) is 0 Å². The minimum Gasteiger partial charge on any atom is -0.480 e. The van der Waals surface area contributed by atoms with E-state index in [2.05, 4.69) is 42.5 Å². The lowest BCUT2D eigenvalue weighted by Crippen LogP contribution is -2.64. The molecule has 13 N–H and O–H groups in total. The third-order valence-electron chi connectivity index (χ3n) is 10.2. The van der Waals surface area contributed by atoms with Crippen LogP contribution in [0, 0.1) is 23.7 Å². The van der Waals surface area contributed by atoms with Gasteiger partial charge in [-0.15, -0.1) is 0 Å². The number of aliphatic carboxylic acids is 1. The van der Waals surface area contributed by atoms with Crippen molar-refractivity contribution in [1.29, 1.82) is 0 Å². The van der Waals surface area contributed by atoms with E-state index in [1.807, 2.05) is 0 Å². The number of carbonyl (C=O) groups is 9. The van der Waals surface area contributed by atoms with Crippen LogP contribution in [-0.2, 0) is 43.2 Å². The quantitative estimate of drug-likeness (QED) is 0.0444. The van der Waals surface area contributed by atoms with Crippen molar-refractivity contribution >= 4 is 53.2 Å². The molecule has 0 bridgehead atoms. The Balaban J connectivity index is 6.14. The predicted octanol–water partition coefficient (Wildman–Crippen LogP) is -2.11. The van der Waals surface area contributed by atoms with Gasteiger partial charge in [-0.25, -0.2) is 4.79 Å². The van der Waals surface area contributed by atoms with Gasteiger partial charge in [0.25, 0.3) is 0 Å². The molecule has 0 spiro atoms. The number of aliphatic hydroxyl groups excluding tert-OH is 2. The van der Waals surface area contributed by atoms with Gasteiger partial charge in [0.05, 0.1) is 18.2 Å². The molecular formula is C40H73N9O12. The summed E-state index contributed by atoms with van der Waals surface area (Å²) in [5.74, 6) is -9.34. The van der Waals surface area contributed by atoms with Crippen molar-refractivity contribution in [2.45, 2.75) is 176 Å². The van der Waals surface area contributed by atoms with E-state index in [9.17, 15) is 58.5 Å². The van der Waals surface area contributed by atoms with Crippen LogP contribution in [0.5, 0.6) is 0 Å². The first-order valence-corrected chi connectivity index (χ1v) is 20.9. The molecule has 0 fully saturated rings. The highest BCUT2D eigenvalue weighted by Gasteiger charge is 2.38. The highest BCUT2D eigenvalue weighted by molar-refractivity contribution is 5.98. The van der Waals surface area contributed by atoms with E-state index >= 15 is 0 Å². The number of nitrogens with two attached hydrogens (primary N) is 1. The fraction of sp³-hybridized carbons (Fsp3) is 0.775. The van der Waals surface area contributed by atoms with Crippen molar-refractivity contribution in [2.24, 2.45) is 29.4 Å². The van der Waals surface area contributed by atoms with Gasteiger partial charge >= 0.3 is 5.97 Å². The minimum absolute atomic E-state index is 0.100. The maximum Gasteiger partial charge on any atom is 0.326 e. The largest absolute Gasteiger partial charge is 0.480 e. The molecule has 0 aliphatic rings. The number of carbonyl (C=O) groups excluding carboxylic acids is 8. The molecule has 61 heavy (non-hydrogen) atoms. The maximum atomic E-state index is 13.9. The van der Waals surface area contributed by atoms with Gasteiger partial charge in [0, 0.05) is 0 Å². The van der Waals surface area contributed by atoms with E-state index in [0.29, 0.717) is 12.8 Å². The smallest absolute Gasteiger partial charge is 0.326 e. The normalized spacial score (nSPS) is 17.8. The van der Waals surface area contributed by atoms with Crippen molar-refractivity contribution in [2.75, 3.05) is 0 Å². The molecule has 0 radical (unpaired) electrons. The zero-order chi connectivity index (χ0) is 47.6. The first-order chi connectivity index (χ1) is 28.1. The molecule has 21 nitrogen and oxygen atoms in total. The third-order valence-corrected chi connectivity index (χ3v) is 10.2. The van der Waals surface area contributed by atoms with Crippen molar-refractivity contribution in [3.05, 3.63) is 0 Å². The highest BCUT2D eigenvalue weighted by atomic mass is 16.4. The molecule has 0 saturated heterocycles. The highest BCUT2D eigenvalue weighted by Crippen LogP contribution is 2.13. The molecule has 13 atom stereocenters. The van der Waals surface area contributed by atoms with E-state index < -0.39 is 138 Å². The Morgan fingerprint density at radius 3 is 1.11 bits per heavy atom. The van der Waals surface area contributed by atoms with Crippen LogP contribution in [0.25, 0.3) is 0 Å². The van der Waals surface area contributed by atoms with Crippen LogP contribution in [-0.4, -0.2) is 135 Å². The lowest BCUT2D eigenvalue weighted by atomic mass is 9.96. The molecule has 0 aromatic rings. The zero-order valence-corrected chi connectivity index (χ0v) is 37.9. The molecule has 21 heteroatoms. The number of nitrogens with one attached hydrogen (secondary N) is 8. The Morgan fingerprint density at radius 2 is 0.770 bits per heavy atom. The average Bonchev–Trinajstić information content (AvgIpc) is 3.16. The van der Waals surface area contributed by atoms with Gasteiger partial charge in [-0.1, -0.05) is 68.2 Å². The molecule has 0 heterocycles. The van der Waals surface area contributed by atoms with Crippen molar-refractivity contribution in [3.8, 4) is 0 Å². The summed E-state index contributed by atoms with van der Waals surface area (Å²) in [4.78, 5) is 117. The van der Waals surface area contributed by atoms with Crippen molar-refractivity contribution in [3.63, 3.8) is 0 Å². The Kier molecular flexibility index (Phi) is 24.3. The number of carboxylic acids is 1. The molecule has 0 rings (SSSR count). The summed E-state index contributed by atoms with van der Waals surface area (Å²) in [6.45, 7) is 20.2. The van der Waals surface area contributed by atoms with Gasteiger partial charge in [0.15, 0.2) is 0 Å². The number of amides is 8. The lowest BCUT2D eigenvalue weighted by molar-refractivity contribution is -0.143. The Bertz CT molecular complexity index is 1520. The average molecular weight is 872 g/mol. The second kappa shape index (κ2) is 26.4. The Labute approximate surface area is 359 Å². The molecule has 350 valence electrons. The monoisotopic (exact) mass is 872 g/mol. The van der Waals surface area contributed by atoms with Crippen molar-refractivity contribution < 1.29 is 58.5 Å². The standard InChI is InChI=1S/C40H73N9O12/c1-14-19(7)28(36(56)44-26(16-17(3)4)35(55)43-22(10)33(53)42-23(11)34(54)45-27(18(5)6)40(60)61)47-38(58)30(24(12)50)49-39(59)31(25(13)51)48-37(57)29(20(8)15-2)46-32(52)21(9)41/h17-31,50-51H,14-16,41H2,1-13H3,(H,42,53)(H,43,55)(H,44,56)(H,45,54)(H,46,52)(H,47,58)(H,48,57)(H,49,59)(H,60,61)/t19-,20-,21-,22-,23-,24+,25+,26-,27-,28-,29-,30-,31-/m0/s1. The van der Waals surface area contributed by atoms with E-state index in [1.165, 1.54) is 34.6 Å². The summed E-state index contributed by atoms with van der Waals surface area (Å²) >= 11 is 0. The molecule has 0 aliphatic heterocycles. The van der Waals surface area contributed by atoms with E-state index in [4.69, 9.17) is 5.73 Å². The number of hydrogen-bond acceptors (Lipinski definition) is 12. The van der Waals surface area contributed by atoms with Crippen molar-refractivity contribution in [1.82, 2.24) is 42.5 Å². The van der Waals surface area contributed by atoms with E-state index in [-0.39, 0.29) is 12.3 Å². The number of rotatable bonds is 26. The summed E-state index contributed by atoms with van der Waals surface area (Å²) in [6.07, 6.45) is -2.16. The van der Waals surface area contributed by atoms with Crippen LogP contribution in [0.4, 0.5) is 0 Å². The molecule has 8 amide bonds. The van der Waals surface area contributed by atoms with Gasteiger partial charge < -0.3 is 63.6 Å². The SMILES string of the molecule is CC[C@H](C)[C@H](NC(=O)[C@H](C)N)C(=O)N[C@H](C(=O)N[C@H](C(=O)N[C@H](C(=O)N[C@@H](CC(C)C)C(=O)N[C@@H](C)C(=O)N[C@@H](C)C(=O)N[C@H](C(=O)O)C(C)C)[C@@H](C)CC)[C@@H](C)O)[C@@H](C)O. The number of carboxylic acid groups (broad SMARTS) is 1. The van der Waals surface area contributed by atoms with Crippen LogP contribution in [0.1, 0.15) is 109 Å². The Hall–Kier alpha value is -4.89. The predicted molar refractivity (Wildman–Crippen MR) is 225 cm³/mol. The van der Waals surface area contributed by atoms with Gasteiger partial charge in [0.1, 0.15) is 48.3 Å². The Morgan fingerprint density at radius 1 is 0.443 bits per heavy atom. The zero-order valence-electron chi connectivity index (χ0n) is 37.9. The van der Waals surface area contributed by atoms with E-state index in [0.717, 1.165) is 0 Å². The number of hydrogen-bond donors (Lipinski definition) is 12. The first kappa shape index (κ1) is 56.1. The molecular weight excluding hydrogens is 798 g/mol. The third kappa shape index (κ3) is 18.7. The topological polar surface area (TPSA) is 337 Å². The van der Waals surface area contributed by atoms with Crippen LogP contribution < -0.4 is 48.3 Å². The van der Waals surface area contributed by atoms with Crippen LogP contribution in [0.3, 0.4) is 0 Å². The van der Waals surface area contributed by atoms with Gasteiger partial charge in [-0.05, 0) is 64.7 Å². The second-order valence-corrected chi connectivity index (χ2v) is 16.7. The summed E-state index contributed by atoms with van der Waals surface area (Å²) < 4.78 is 0. The molecule has 0 saturated carbocycles. The number of aliphatic hydroxyl groups is 2. The summed E-state index contributed by atoms with van der Waals surface area (Å²) in [6, 6.07) is -11.5. The van der Waals surface area contributed by atoms with Gasteiger partial charge in [0.2, 0.25) is 47.3 Å². The van der Waals surface area contributed by atoms with E-state index in [1.54, 1.807) is 55.4 Å². The molecule has 0 aliphatic carbocycles. The van der Waals surface area contributed by atoms with Crippen LogP contribution in [0.2, 0.25) is 0 Å². The molecule has 0 aromatic carbocycles. The fourth-order valence-electron chi connectivity index (χ4n) is 5.77. The molecule has 0 unspecified atom stereocenters.